The predicted molar refractivity (Wildman–Crippen MR) is 107 cm³/mol. The van der Waals surface area contributed by atoms with Crippen LogP contribution in [0.5, 0.6) is 0 Å². The highest BCUT2D eigenvalue weighted by Gasteiger charge is 2.47. The number of ether oxygens (including phenoxy) is 1. The number of carbonyl (C=O) groups is 2. The highest BCUT2D eigenvalue weighted by molar-refractivity contribution is 7.89. The van der Waals surface area contributed by atoms with Gasteiger partial charge in [0.05, 0.1) is 23.1 Å². The summed E-state index contributed by atoms with van der Waals surface area (Å²) in [7, 11) is -4.23. The van der Waals surface area contributed by atoms with Gasteiger partial charge in [-0.1, -0.05) is 0 Å². The molecule has 2 aromatic rings. The van der Waals surface area contributed by atoms with Crippen molar-refractivity contribution in [3.05, 3.63) is 60.2 Å². The summed E-state index contributed by atoms with van der Waals surface area (Å²) in [5.74, 6) is -2.44. The third kappa shape index (κ3) is 4.23. The average Bonchev–Trinajstić information content (AvgIpc) is 3.35. The number of sulfonamides is 1. The van der Waals surface area contributed by atoms with Gasteiger partial charge in [-0.2, -0.15) is 4.31 Å². The van der Waals surface area contributed by atoms with Crippen LogP contribution >= 0.6 is 0 Å². The Balaban J connectivity index is 1.69. The number of amides is 2. The first-order valence-electron chi connectivity index (χ1n) is 9.79. The second kappa shape index (κ2) is 8.45. The Hall–Kier alpha value is -2.69. The van der Waals surface area contributed by atoms with Gasteiger partial charge >= 0.3 is 0 Å². The Labute approximate surface area is 178 Å². The summed E-state index contributed by atoms with van der Waals surface area (Å²) in [5, 5.41) is 0. The zero-order valence-electron chi connectivity index (χ0n) is 16.4. The lowest BCUT2D eigenvalue weighted by molar-refractivity contribution is -0.122. The fraction of sp³-hybridized carbons (Fsp3) is 0.333. The molecule has 0 bridgehead atoms. The summed E-state index contributed by atoms with van der Waals surface area (Å²) >= 11 is 0. The SMILES string of the molecule is O=C1CC(N(CC2CCCO2)S(=O)(=O)c2ccc(F)cc2)C(=O)N1c1ccc(F)cc1. The lowest BCUT2D eigenvalue weighted by atomic mass is 10.2. The molecule has 0 saturated carbocycles. The molecule has 4 rings (SSSR count). The molecule has 31 heavy (non-hydrogen) atoms. The molecule has 2 unspecified atom stereocenters. The molecule has 0 N–H and O–H groups in total. The van der Waals surface area contributed by atoms with Crippen molar-refractivity contribution >= 4 is 27.5 Å². The van der Waals surface area contributed by atoms with E-state index in [1.54, 1.807) is 0 Å². The van der Waals surface area contributed by atoms with Gasteiger partial charge in [0.25, 0.3) is 5.91 Å². The van der Waals surface area contributed by atoms with E-state index in [2.05, 4.69) is 0 Å². The molecule has 0 aliphatic carbocycles. The number of anilines is 1. The summed E-state index contributed by atoms with van der Waals surface area (Å²) in [4.78, 5) is 26.5. The predicted octanol–water partition coefficient (Wildman–Crippen LogP) is 2.47. The van der Waals surface area contributed by atoms with Crippen LogP contribution in [0.4, 0.5) is 14.5 Å². The van der Waals surface area contributed by atoms with Crippen molar-refractivity contribution in [3.63, 3.8) is 0 Å². The third-order valence-corrected chi connectivity index (χ3v) is 7.27. The largest absolute Gasteiger partial charge is 0.377 e. The van der Waals surface area contributed by atoms with Crippen LogP contribution in [0.2, 0.25) is 0 Å². The lowest BCUT2D eigenvalue weighted by Crippen LogP contribution is -2.48. The van der Waals surface area contributed by atoms with Crippen LogP contribution < -0.4 is 4.90 Å². The quantitative estimate of drug-likeness (QED) is 0.632. The minimum absolute atomic E-state index is 0.110. The Kier molecular flexibility index (Phi) is 5.87. The molecule has 2 aliphatic rings. The number of hydrogen-bond donors (Lipinski definition) is 0. The standard InChI is InChI=1S/C21H20F2N2O5S/c22-14-3-7-16(8-4-14)25-20(26)12-19(21(25)27)24(13-17-2-1-11-30-17)31(28,29)18-9-5-15(23)6-10-18/h3-10,17,19H,1-2,11-13H2. The lowest BCUT2D eigenvalue weighted by Gasteiger charge is -2.28. The van der Waals surface area contributed by atoms with E-state index in [4.69, 9.17) is 4.74 Å². The maximum absolute atomic E-state index is 13.4. The number of benzene rings is 2. The highest BCUT2D eigenvalue weighted by Crippen LogP contribution is 2.30. The average molecular weight is 450 g/mol. The van der Waals surface area contributed by atoms with E-state index >= 15 is 0 Å². The molecular weight excluding hydrogens is 430 g/mol. The molecular formula is C21H20F2N2O5S. The van der Waals surface area contributed by atoms with Gasteiger partial charge in [-0.05, 0) is 61.4 Å². The van der Waals surface area contributed by atoms with Gasteiger partial charge in [0, 0.05) is 13.2 Å². The van der Waals surface area contributed by atoms with Crippen LogP contribution in [0.15, 0.2) is 53.4 Å². The van der Waals surface area contributed by atoms with Gasteiger partial charge in [-0.15, -0.1) is 0 Å². The molecule has 0 aromatic heterocycles. The second-order valence-electron chi connectivity index (χ2n) is 7.43. The molecule has 2 heterocycles. The molecule has 2 aromatic carbocycles. The first-order valence-corrected chi connectivity index (χ1v) is 11.2. The van der Waals surface area contributed by atoms with Crippen molar-refractivity contribution < 1.29 is 31.5 Å². The fourth-order valence-corrected chi connectivity index (χ4v) is 5.44. The minimum atomic E-state index is -4.23. The summed E-state index contributed by atoms with van der Waals surface area (Å²) < 4.78 is 59.9. The van der Waals surface area contributed by atoms with Gasteiger partial charge in [0.2, 0.25) is 15.9 Å². The van der Waals surface area contributed by atoms with Gasteiger partial charge in [0.1, 0.15) is 17.7 Å². The molecule has 2 saturated heterocycles. The summed E-state index contributed by atoms with van der Waals surface area (Å²) in [5.41, 5.74) is 0.162. The van der Waals surface area contributed by atoms with Crippen LogP contribution in [0.3, 0.4) is 0 Å². The van der Waals surface area contributed by atoms with Gasteiger partial charge in [-0.3, -0.25) is 9.59 Å². The minimum Gasteiger partial charge on any atom is -0.377 e. The zero-order chi connectivity index (χ0) is 22.2. The zero-order valence-corrected chi connectivity index (χ0v) is 17.2. The van der Waals surface area contributed by atoms with E-state index in [1.807, 2.05) is 0 Å². The van der Waals surface area contributed by atoms with Crippen LogP contribution in [-0.2, 0) is 24.3 Å². The first kappa shape index (κ1) is 21.5. The number of imide groups is 1. The highest BCUT2D eigenvalue weighted by atomic mass is 32.2. The first-order chi connectivity index (χ1) is 14.8. The maximum atomic E-state index is 13.4. The molecule has 2 aliphatic heterocycles. The summed E-state index contributed by atoms with van der Waals surface area (Å²) in [6, 6.07) is 7.78. The monoisotopic (exact) mass is 450 g/mol. The second-order valence-corrected chi connectivity index (χ2v) is 9.32. The number of rotatable bonds is 6. The maximum Gasteiger partial charge on any atom is 0.252 e. The van der Waals surface area contributed by atoms with E-state index in [-0.39, 0.29) is 23.5 Å². The summed E-state index contributed by atoms with van der Waals surface area (Å²) in [6.45, 7) is 0.370. The molecule has 0 radical (unpaired) electrons. The molecule has 0 spiro atoms. The number of hydrogen-bond acceptors (Lipinski definition) is 5. The van der Waals surface area contributed by atoms with E-state index in [9.17, 15) is 26.8 Å². The van der Waals surface area contributed by atoms with Crippen molar-refractivity contribution in [1.82, 2.24) is 4.31 Å². The van der Waals surface area contributed by atoms with Gasteiger partial charge < -0.3 is 4.74 Å². The number of halogens is 2. The Bertz CT molecular complexity index is 1080. The van der Waals surface area contributed by atoms with Crippen molar-refractivity contribution in [1.29, 1.82) is 0 Å². The van der Waals surface area contributed by atoms with Crippen LogP contribution in [-0.4, -0.2) is 49.8 Å². The third-order valence-electron chi connectivity index (χ3n) is 5.38. The van der Waals surface area contributed by atoms with Crippen molar-refractivity contribution in [2.24, 2.45) is 0 Å². The van der Waals surface area contributed by atoms with Crippen LogP contribution in [0.25, 0.3) is 0 Å². The van der Waals surface area contributed by atoms with Crippen molar-refractivity contribution in [2.45, 2.75) is 36.3 Å². The van der Waals surface area contributed by atoms with Crippen LogP contribution in [0, 0.1) is 11.6 Å². The number of nitrogens with zero attached hydrogens (tertiary/aromatic N) is 2. The fourth-order valence-electron chi connectivity index (χ4n) is 3.83. The molecule has 2 amide bonds. The van der Waals surface area contributed by atoms with Gasteiger partial charge in [-0.25, -0.2) is 22.1 Å². The molecule has 7 nitrogen and oxygen atoms in total. The topological polar surface area (TPSA) is 84.0 Å². The van der Waals surface area contributed by atoms with E-state index in [0.717, 1.165) is 52.0 Å². The van der Waals surface area contributed by atoms with Gasteiger partial charge in [0.15, 0.2) is 0 Å². The molecule has 10 heteroatoms. The van der Waals surface area contributed by atoms with E-state index in [0.29, 0.717) is 13.0 Å². The molecule has 164 valence electrons. The Morgan fingerprint density at radius 1 is 1.00 bits per heavy atom. The van der Waals surface area contributed by atoms with Crippen LogP contribution in [0.1, 0.15) is 19.3 Å². The van der Waals surface area contributed by atoms with Crippen molar-refractivity contribution in [3.8, 4) is 0 Å². The Morgan fingerprint density at radius 3 is 2.19 bits per heavy atom. The normalized spacial score (nSPS) is 22.0. The van der Waals surface area contributed by atoms with E-state index < -0.39 is 45.6 Å². The van der Waals surface area contributed by atoms with Crippen molar-refractivity contribution in [2.75, 3.05) is 18.1 Å². The Morgan fingerprint density at radius 2 is 1.61 bits per heavy atom. The molecule has 2 atom stereocenters. The number of carbonyl (C=O) groups excluding carboxylic acids is 2. The summed E-state index contributed by atoms with van der Waals surface area (Å²) in [6.07, 6.45) is 0.599. The molecule has 2 fully saturated rings. The smallest absolute Gasteiger partial charge is 0.252 e. The van der Waals surface area contributed by atoms with E-state index in [1.165, 1.54) is 12.1 Å².